The number of hydrogen-bond donors (Lipinski definition) is 2. The van der Waals surface area contributed by atoms with Gasteiger partial charge in [0, 0.05) is 24.1 Å². The highest BCUT2D eigenvalue weighted by Gasteiger charge is 2.27. The van der Waals surface area contributed by atoms with Crippen LogP contribution >= 0.6 is 27.5 Å². The van der Waals surface area contributed by atoms with Crippen molar-refractivity contribution in [3.8, 4) is 0 Å². The van der Waals surface area contributed by atoms with Crippen LogP contribution < -0.4 is 11.1 Å². The van der Waals surface area contributed by atoms with E-state index in [0.717, 1.165) is 0 Å². The third-order valence-electron chi connectivity index (χ3n) is 3.62. The minimum Gasteiger partial charge on any atom is -0.366 e. The molecule has 2 amide bonds. The van der Waals surface area contributed by atoms with Crippen LogP contribution in [0.1, 0.15) is 39.3 Å². The number of amides is 2. The SMILES string of the molecule is Cc1cc(Cl)cc(C(N)=O)c1NC(=O)c1cc(Br)nn1CCCC(F)(F)F. The molecule has 6 nitrogen and oxygen atoms in total. The molecule has 0 spiro atoms. The average molecular weight is 468 g/mol. The number of nitrogens with one attached hydrogen (secondary N) is 1. The van der Waals surface area contributed by atoms with E-state index in [2.05, 4.69) is 26.3 Å². The number of alkyl halides is 3. The molecule has 0 radical (unpaired) electrons. The Kier molecular flexibility index (Phi) is 6.53. The Labute approximate surface area is 166 Å². The van der Waals surface area contributed by atoms with E-state index in [1.165, 1.54) is 16.8 Å². The molecule has 146 valence electrons. The monoisotopic (exact) mass is 466 g/mol. The van der Waals surface area contributed by atoms with Crippen molar-refractivity contribution in [3.05, 3.63) is 44.6 Å². The molecule has 0 aliphatic heterocycles. The normalized spacial score (nSPS) is 11.5. The molecule has 0 fully saturated rings. The number of anilines is 1. The van der Waals surface area contributed by atoms with Gasteiger partial charge in [-0.1, -0.05) is 11.6 Å². The molecule has 11 heteroatoms. The zero-order valence-corrected chi connectivity index (χ0v) is 16.4. The molecular formula is C16H15BrClF3N4O2. The Morgan fingerprint density at radius 2 is 2.00 bits per heavy atom. The quantitative estimate of drug-likeness (QED) is 0.664. The van der Waals surface area contributed by atoms with Crippen molar-refractivity contribution in [1.29, 1.82) is 0 Å². The molecule has 0 atom stereocenters. The lowest BCUT2D eigenvalue weighted by Gasteiger charge is -2.14. The summed E-state index contributed by atoms with van der Waals surface area (Å²) in [6.45, 7) is 1.53. The van der Waals surface area contributed by atoms with Crippen LogP contribution in [-0.4, -0.2) is 27.8 Å². The fourth-order valence-corrected chi connectivity index (χ4v) is 3.13. The number of rotatable bonds is 6. The fraction of sp³-hybridized carbons (Fsp3) is 0.312. The zero-order chi connectivity index (χ0) is 20.4. The number of benzene rings is 1. The number of aryl methyl sites for hydroxylation is 2. The second-order valence-corrected chi connectivity index (χ2v) is 7.01. The van der Waals surface area contributed by atoms with Crippen molar-refractivity contribution in [2.45, 2.75) is 32.5 Å². The van der Waals surface area contributed by atoms with E-state index in [-0.39, 0.29) is 34.9 Å². The summed E-state index contributed by atoms with van der Waals surface area (Å²) in [4.78, 5) is 24.3. The Hall–Kier alpha value is -2.07. The van der Waals surface area contributed by atoms with Crippen molar-refractivity contribution < 1.29 is 22.8 Å². The minimum absolute atomic E-state index is 0.0237. The Morgan fingerprint density at radius 1 is 1.33 bits per heavy atom. The Bertz CT molecular complexity index is 883. The van der Waals surface area contributed by atoms with Crippen molar-refractivity contribution in [2.75, 3.05) is 5.32 Å². The van der Waals surface area contributed by atoms with Gasteiger partial charge in [0.15, 0.2) is 0 Å². The topological polar surface area (TPSA) is 90.0 Å². The van der Waals surface area contributed by atoms with Gasteiger partial charge in [0.05, 0.1) is 11.3 Å². The summed E-state index contributed by atoms with van der Waals surface area (Å²) in [6, 6.07) is 4.24. The lowest BCUT2D eigenvalue weighted by atomic mass is 10.1. The van der Waals surface area contributed by atoms with Gasteiger partial charge in [-0.25, -0.2) is 0 Å². The maximum atomic E-state index is 12.6. The van der Waals surface area contributed by atoms with Gasteiger partial charge in [-0.15, -0.1) is 0 Å². The number of carbonyl (C=O) groups is 2. The molecule has 0 aliphatic carbocycles. The molecule has 0 saturated heterocycles. The molecule has 0 aliphatic rings. The van der Waals surface area contributed by atoms with Gasteiger partial charge >= 0.3 is 6.18 Å². The van der Waals surface area contributed by atoms with Crippen LogP contribution in [0.4, 0.5) is 18.9 Å². The predicted octanol–water partition coefficient (Wildman–Crippen LogP) is 4.30. The van der Waals surface area contributed by atoms with Crippen molar-refractivity contribution in [3.63, 3.8) is 0 Å². The van der Waals surface area contributed by atoms with Gasteiger partial charge in [0.1, 0.15) is 10.3 Å². The maximum absolute atomic E-state index is 12.6. The largest absolute Gasteiger partial charge is 0.389 e. The number of aromatic nitrogens is 2. The van der Waals surface area contributed by atoms with Gasteiger partial charge in [0.25, 0.3) is 11.8 Å². The van der Waals surface area contributed by atoms with E-state index < -0.39 is 24.4 Å². The fourth-order valence-electron chi connectivity index (χ4n) is 2.45. The lowest BCUT2D eigenvalue weighted by Crippen LogP contribution is -2.22. The number of halogens is 5. The highest BCUT2D eigenvalue weighted by atomic mass is 79.9. The summed E-state index contributed by atoms with van der Waals surface area (Å²) in [5.74, 6) is -1.43. The molecule has 3 N–H and O–H groups in total. The third-order valence-corrected chi connectivity index (χ3v) is 4.22. The van der Waals surface area contributed by atoms with Gasteiger partial charge in [-0.3, -0.25) is 14.3 Å². The molecule has 0 unspecified atom stereocenters. The van der Waals surface area contributed by atoms with Crippen LogP contribution in [0, 0.1) is 6.92 Å². The van der Waals surface area contributed by atoms with Crippen LogP contribution in [0.2, 0.25) is 5.02 Å². The van der Waals surface area contributed by atoms with Gasteiger partial charge in [-0.2, -0.15) is 18.3 Å². The minimum atomic E-state index is -4.29. The summed E-state index contributed by atoms with van der Waals surface area (Å²) in [6.07, 6.45) is -5.51. The van der Waals surface area contributed by atoms with Gasteiger partial charge in [0.2, 0.25) is 0 Å². The molecule has 1 aromatic carbocycles. The summed E-state index contributed by atoms with van der Waals surface area (Å²) < 4.78 is 38.5. The number of hydrogen-bond acceptors (Lipinski definition) is 3. The summed E-state index contributed by atoms with van der Waals surface area (Å²) in [7, 11) is 0. The second kappa shape index (κ2) is 8.30. The van der Waals surface area contributed by atoms with Crippen molar-refractivity contribution in [1.82, 2.24) is 9.78 Å². The average Bonchev–Trinajstić information content (AvgIpc) is 2.89. The van der Waals surface area contributed by atoms with Crippen LogP contribution in [0.25, 0.3) is 0 Å². The second-order valence-electron chi connectivity index (χ2n) is 5.76. The van der Waals surface area contributed by atoms with Gasteiger partial charge in [-0.05, 0) is 47.0 Å². The number of primary amides is 1. The molecular weight excluding hydrogens is 453 g/mol. The first-order valence-electron chi connectivity index (χ1n) is 7.69. The smallest absolute Gasteiger partial charge is 0.366 e. The molecule has 0 bridgehead atoms. The van der Waals surface area contributed by atoms with E-state index >= 15 is 0 Å². The van der Waals surface area contributed by atoms with E-state index in [0.29, 0.717) is 10.2 Å². The van der Waals surface area contributed by atoms with E-state index in [9.17, 15) is 22.8 Å². The van der Waals surface area contributed by atoms with Crippen LogP contribution in [0.15, 0.2) is 22.8 Å². The van der Waals surface area contributed by atoms with Crippen LogP contribution in [0.3, 0.4) is 0 Å². The van der Waals surface area contributed by atoms with Crippen molar-refractivity contribution in [2.24, 2.45) is 5.73 Å². The maximum Gasteiger partial charge on any atom is 0.389 e. The van der Waals surface area contributed by atoms with E-state index in [4.69, 9.17) is 17.3 Å². The molecule has 0 saturated carbocycles. The van der Waals surface area contributed by atoms with E-state index in [1.807, 2.05) is 0 Å². The lowest BCUT2D eigenvalue weighted by molar-refractivity contribution is -0.136. The Morgan fingerprint density at radius 3 is 2.59 bits per heavy atom. The first-order chi connectivity index (χ1) is 12.5. The first kappa shape index (κ1) is 21.2. The van der Waals surface area contributed by atoms with Crippen LogP contribution in [-0.2, 0) is 6.54 Å². The molecule has 2 rings (SSSR count). The number of nitrogens with zero attached hydrogens (tertiary/aromatic N) is 2. The van der Waals surface area contributed by atoms with Crippen LogP contribution in [0.5, 0.6) is 0 Å². The number of carbonyl (C=O) groups excluding carboxylic acids is 2. The first-order valence-corrected chi connectivity index (χ1v) is 8.86. The molecule has 1 heterocycles. The standard InChI is InChI=1S/C16H15BrClF3N4O2/c1-8-5-9(18)6-10(14(22)26)13(8)23-15(27)11-7-12(17)24-25(11)4-2-3-16(19,20)21/h5-7H,2-4H2,1H3,(H2,22,26)(H,23,27). The Balaban J connectivity index is 2.26. The highest BCUT2D eigenvalue weighted by Crippen LogP contribution is 2.27. The molecule has 27 heavy (non-hydrogen) atoms. The molecule has 1 aromatic heterocycles. The van der Waals surface area contributed by atoms with Gasteiger partial charge < -0.3 is 11.1 Å². The summed E-state index contributed by atoms with van der Waals surface area (Å²) >= 11 is 9.01. The van der Waals surface area contributed by atoms with Crippen molar-refractivity contribution >= 4 is 45.0 Å². The highest BCUT2D eigenvalue weighted by molar-refractivity contribution is 9.10. The third kappa shape index (κ3) is 5.70. The summed E-state index contributed by atoms with van der Waals surface area (Å²) in [5.41, 5.74) is 6.07. The summed E-state index contributed by atoms with van der Waals surface area (Å²) in [5, 5.41) is 6.82. The van der Waals surface area contributed by atoms with E-state index in [1.54, 1.807) is 13.0 Å². The zero-order valence-electron chi connectivity index (χ0n) is 14.0. The predicted molar refractivity (Wildman–Crippen MR) is 97.9 cm³/mol. The number of nitrogens with two attached hydrogens (primary N) is 1. The molecule has 2 aromatic rings.